The van der Waals surface area contributed by atoms with Crippen LogP contribution in [0.4, 0.5) is 8.78 Å². The van der Waals surface area contributed by atoms with Gasteiger partial charge in [0.1, 0.15) is 11.7 Å². The van der Waals surface area contributed by atoms with Gasteiger partial charge in [-0.2, -0.15) is 5.26 Å². The summed E-state index contributed by atoms with van der Waals surface area (Å²) in [7, 11) is 1.48. The van der Waals surface area contributed by atoms with Crippen molar-refractivity contribution >= 4 is 17.4 Å². The summed E-state index contributed by atoms with van der Waals surface area (Å²) in [6, 6.07) is 12.3. The molecular formula is C21H17F2N3O2. The number of carbonyl (C=O) groups is 2. The topological polar surface area (TPSA) is 73.2 Å². The highest BCUT2D eigenvalue weighted by atomic mass is 19.2. The number of likely N-dealkylation sites (N-methyl/N-ethyl adjacent to an activating group) is 1. The van der Waals surface area contributed by atoms with Gasteiger partial charge in [-0.3, -0.25) is 9.59 Å². The van der Waals surface area contributed by atoms with Crippen LogP contribution in [0.25, 0.3) is 5.57 Å². The summed E-state index contributed by atoms with van der Waals surface area (Å²) < 4.78 is 28.0. The highest BCUT2D eigenvalue weighted by Crippen LogP contribution is 2.28. The van der Waals surface area contributed by atoms with E-state index in [1.807, 2.05) is 30.3 Å². The molecule has 0 radical (unpaired) electrons. The second-order valence-corrected chi connectivity index (χ2v) is 6.51. The zero-order valence-corrected chi connectivity index (χ0v) is 15.3. The van der Waals surface area contributed by atoms with Crippen molar-refractivity contribution in [2.24, 2.45) is 0 Å². The SMILES string of the molecule is CC(=C1NC(=O)C(Cc2ccccc2)N(C)C1=O)c1c(C#N)ccc(F)c1F. The van der Waals surface area contributed by atoms with Gasteiger partial charge in [0.25, 0.3) is 5.91 Å². The summed E-state index contributed by atoms with van der Waals surface area (Å²) in [6.45, 7) is 1.37. The lowest BCUT2D eigenvalue weighted by atomic mass is 9.95. The van der Waals surface area contributed by atoms with E-state index in [4.69, 9.17) is 0 Å². The summed E-state index contributed by atoms with van der Waals surface area (Å²) in [5.41, 5.74) is 0.255. The number of benzene rings is 2. The van der Waals surface area contributed by atoms with Gasteiger partial charge in [-0.15, -0.1) is 0 Å². The van der Waals surface area contributed by atoms with Crippen LogP contribution in [0, 0.1) is 23.0 Å². The molecule has 5 nitrogen and oxygen atoms in total. The van der Waals surface area contributed by atoms with E-state index in [0.717, 1.165) is 17.7 Å². The number of nitrogens with one attached hydrogen (secondary N) is 1. The van der Waals surface area contributed by atoms with Crippen LogP contribution in [-0.2, 0) is 16.0 Å². The zero-order valence-electron chi connectivity index (χ0n) is 15.3. The molecule has 1 heterocycles. The van der Waals surface area contributed by atoms with Crippen LogP contribution in [-0.4, -0.2) is 29.8 Å². The molecule has 7 heteroatoms. The second kappa shape index (κ2) is 7.61. The lowest BCUT2D eigenvalue weighted by Gasteiger charge is -2.34. The number of halogens is 2. The molecular weight excluding hydrogens is 364 g/mol. The average Bonchev–Trinajstić information content (AvgIpc) is 2.70. The first kappa shape index (κ1) is 19.2. The van der Waals surface area contributed by atoms with Crippen LogP contribution < -0.4 is 5.32 Å². The molecule has 0 spiro atoms. The van der Waals surface area contributed by atoms with Gasteiger partial charge in [-0.1, -0.05) is 30.3 Å². The van der Waals surface area contributed by atoms with Gasteiger partial charge in [0.15, 0.2) is 11.6 Å². The van der Waals surface area contributed by atoms with Crippen molar-refractivity contribution in [2.45, 2.75) is 19.4 Å². The Morgan fingerprint density at radius 3 is 2.50 bits per heavy atom. The molecule has 28 heavy (non-hydrogen) atoms. The monoisotopic (exact) mass is 381 g/mol. The van der Waals surface area contributed by atoms with Crippen molar-refractivity contribution in [1.82, 2.24) is 10.2 Å². The van der Waals surface area contributed by atoms with Crippen LogP contribution >= 0.6 is 0 Å². The normalized spacial score (nSPS) is 18.5. The van der Waals surface area contributed by atoms with E-state index in [0.29, 0.717) is 6.42 Å². The number of allylic oxidation sites excluding steroid dienone is 1. The lowest BCUT2D eigenvalue weighted by molar-refractivity contribution is -0.140. The highest BCUT2D eigenvalue weighted by Gasteiger charge is 2.37. The quantitative estimate of drug-likeness (QED) is 0.831. The van der Waals surface area contributed by atoms with Crippen molar-refractivity contribution in [3.63, 3.8) is 0 Å². The van der Waals surface area contributed by atoms with Gasteiger partial charge in [-0.05, 0) is 30.2 Å². The van der Waals surface area contributed by atoms with Gasteiger partial charge in [0.05, 0.1) is 11.6 Å². The Morgan fingerprint density at radius 1 is 1.18 bits per heavy atom. The zero-order chi connectivity index (χ0) is 20.4. The van der Waals surface area contributed by atoms with E-state index in [2.05, 4.69) is 5.32 Å². The number of carbonyl (C=O) groups excluding carboxylic acids is 2. The van der Waals surface area contributed by atoms with Gasteiger partial charge in [0.2, 0.25) is 5.91 Å². The molecule has 1 fully saturated rings. The predicted octanol–water partition coefficient (Wildman–Crippen LogP) is 2.77. The van der Waals surface area contributed by atoms with Crippen LogP contribution in [0.5, 0.6) is 0 Å². The molecule has 0 aromatic heterocycles. The molecule has 0 saturated carbocycles. The van der Waals surface area contributed by atoms with Crippen LogP contribution in [0.15, 0.2) is 48.2 Å². The Morgan fingerprint density at radius 2 is 1.86 bits per heavy atom. The molecule has 1 N–H and O–H groups in total. The maximum Gasteiger partial charge on any atom is 0.271 e. The molecule has 1 saturated heterocycles. The van der Waals surface area contributed by atoms with Gasteiger partial charge < -0.3 is 10.2 Å². The van der Waals surface area contributed by atoms with Crippen molar-refractivity contribution in [3.05, 3.63) is 76.5 Å². The summed E-state index contributed by atoms with van der Waals surface area (Å²) in [5.74, 6) is -3.35. The van der Waals surface area contributed by atoms with E-state index < -0.39 is 29.5 Å². The molecule has 2 aromatic carbocycles. The van der Waals surface area contributed by atoms with Crippen LogP contribution in [0.1, 0.15) is 23.6 Å². The molecule has 2 amide bonds. The number of hydrogen-bond acceptors (Lipinski definition) is 3. The Hall–Kier alpha value is -3.53. The fourth-order valence-corrected chi connectivity index (χ4v) is 3.21. The molecule has 0 bridgehead atoms. The van der Waals surface area contributed by atoms with E-state index in [9.17, 15) is 23.6 Å². The number of amides is 2. The largest absolute Gasteiger partial charge is 0.328 e. The number of piperazine rings is 1. The number of rotatable bonds is 3. The number of nitrogens with zero attached hydrogens (tertiary/aromatic N) is 2. The van der Waals surface area contributed by atoms with E-state index in [1.54, 1.807) is 6.07 Å². The van der Waals surface area contributed by atoms with Crippen LogP contribution in [0.3, 0.4) is 0 Å². The minimum atomic E-state index is -1.24. The Bertz CT molecular complexity index is 1030. The third-order valence-electron chi connectivity index (χ3n) is 4.79. The van der Waals surface area contributed by atoms with E-state index in [-0.39, 0.29) is 22.4 Å². The molecule has 1 aliphatic rings. The van der Waals surface area contributed by atoms with Crippen molar-refractivity contribution in [3.8, 4) is 6.07 Å². The molecule has 1 aliphatic heterocycles. The first-order valence-electron chi connectivity index (χ1n) is 8.56. The minimum absolute atomic E-state index is 0.00286. The van der Waals surface area contributed by atoms with E-state index in [1.165, 1.54) is 18.9 Å². The van der Waals surface area contributed by atoms with Crippen LogP contribution in [0.2, 0.25) is 0 Å². The summed E-state index contributed by atoms with van der Waals surface area (Å²) in [6.07, 6.45) is 0.318. The van der Waals surface area contributed by atoms with Gasteiger partial charge in [-0.25, -0.2) is 8.78 Å². The Balaban J connectivity index is 2.00. The van der Waals surface area contributed by atoms with Gasteiger partial charge in [0, 0.05) is 19.0 Å². The summed E-state index contributed by atoms with van der Waals surface area (Å²) >= 11 is 0. The Labute approximate surface area is 160 Å². The third kappa shape index (κ3) is 3.37. The molecule has 142 valence electrons. The summed E-state index contributed by atoms with van der Waals surface area (Å²) in [4.78, 5) is 26.7. The predicted molar refractivity (Wildman–Crippen MR) is 98.5 cm³/mol. The number of hydrogen-bond donors (Lipinski definition) is 1. The standard InChI is InChI=1S/C21H17F2N3O2/c1-12(17-14(11-24)8-9-15(22)18(17)23)19-21(28)26(2)16(20(27)25-19)10-13-6-4-3-5-7-13/h3-9,16H,10H2,1-2H3,(H,25,27). The fourth-order valence-electron chi connectivity index (χ4n) is 3.21. The Kier molecular flexibility index (Phi) is 5.23. The molecule has 0 aliphatic carbocycles. The minimum Gasteiger partial charge on any atom is -0.328 e. The van der Waals surface area contributed by atoms with Crippen molar-refractivity contribution in [2.75, 3.05) is 7.05 Å². The van der Waals surface area contributed by atoms with Crippen molar-refractivity contribution in [1.29, 1.82) is 5.26 Å². The lowest BCUT2D eigenvalue weighted by Crippen LogP contribution is -2.56. The smallest absolute Gasteiger partial charge is 0.271 e. The first-order chi connectivity index (χ1) is 13.3. The fraction of sp³-hybridized carbons (Fsp3) is 0.190. The molecule has 2 aromatic rings. The van der Waals surface area contributed by atoms with Crippen molar-refractivity contribution < 1.29 is 18.4 Å². The molecule has 1 unspecified atom stereocenters. The second-order valence-electron chi connectivity index (χ2n) is 6.51. The molecule has 3 rings (SSSR count). The maximum absolute atomic E-state index is 14.3. The van der Waals surface area contributed by atoms with Gasteiger partial charge >= 0.3 is 0 Å². The van der Waals surface area contributed by atoms with E-state index >= 15 is 0 Å². The average molecular weight is 381 g/mol. The maximum atomic E-state index is 14.3. The molecule has 1 atom stereocenters. The first-order valence-corrected chi connectivity index (χ1v) is 8.56. The number of nitriles is 1. The summed E-state index contributed by atoms with van der Waals surface area (Å²) in [5, 5.41) is 11.7. The third-order valence-corrected chi connectivity index (χ3v) is 4.79. The highest BCUT2D eigenvalue weighted by molar-refractivity contribution is 6.09.